The molecule has 1 unspecified atom stereocenters. The van der Waals surface area contributed by atoms with E-state index in [0.29, 0.717) is 18.4 Å². The van der Waals surface area contributed by atoms with Gasteiger partial charge in [0.2, 0.25) is 5.91 Å². The Bertz CT molecular complexity index is 415. The van der Waals surface area contributed by atoms with Gasteiger partial charge in [-0.15, -0.1) is 0 Å². The van der Waals surface area contributed by atoms with E-state index in [1.54, 1.807) is 0 Å². The van der Waals surface area contributed by atoms with Gasteiger partial charge in [-0.2, -0.15) is 0 Å². The van der Waals surface area contributed by atoms with Gasteiger partial charge in [-0.05, 0) is 38.0 Å². The Morgan fingerprint density at radius 3 is 2.65 bits per heavy atom. The highest BCUT2D eigenvalue weighted by molar-refractivity contribution is 5.81. The highest BCUT2D eigenvalue weighted by Crippen LogP contribution is 2.43. The van der Waals surface area contributed by atoms with E-state index in [4.69, 9.17) is 0 Å². The van der Waals surface area contributed by atoms with Crippen LogP contribution in [0.15, 0.2) is 4.99 Å². The molecule has 1 saturated heterocycles. The molecule has 1 saturated carbocycles. The maximum Gasteiger partial charge on any atom is 0.221 e. The number of guanidine groups is 1. The molecule has 2 rings (SSSR count). The Balaban J connectivity index is 1.74. The Labute approximate surface area is 141 Å². The molecule has 1 aliphatic carbocycles. The molecule has 1 amide bonds. The van der Waals surface area contributed by atoms with Gasteiger partial charge in [-0.3, -0.25) is 9.79 Å². The minimum absolute atomic E-state index is 0.118. The number of likely N-dealkylation sites (tertiary alicyclic amines) is 1. The van der Waals surface area contributed by atoms with Crippen LogP contribution in [0.5, 0.6) is 0 Å². The van der Waals surface area contributed by atoms with Crippen molar-refractivity contribution in [2.24, 2.45) is 10.4 Å². The van der Waals surface area contributed by atoms with Crippen LogP contribution in [0.25, 0.3) is 0 Å². The van der Waals surface area contributed by atoms with Crippen LogP contribution in [0.1, 0.15) is 65.2 Å². The Hall–Kier alpha value is -1.26. The van der Waals surface area contributed by atoms with E-state index in [0.717, 1.165) is 25.5 Å². The second-order valence-corrected chi connectivity index (χ2v) is 7.33. The molecule has 23 heavy (non-hydrogen) atoms. The fourth-order valence-electron chi connectivity index (χ4n) is 3.89. The molecule has 132 valence electrons. The molecule has 0 aromatic heterocycles. The average molecular weight is 322 g/mol. The van der Waals surface area contributed by atoms with E-state index in [1.807, 2.05) is 14.0 Å². The molecule has 2 aliphatic rings. The number of hydrogen-bond donors (Lipinski definition) is 2. The number of aliphatic imine (C=N–C) groups is 1. The molecule has 2 N–H and O–H groups in total. The molecule has 0 aromatic carbocycles. The number of carbonyl (C=O) groups is 1. The molecular formula is C18H34N4O. The van der Waals surface area contributed by atoms with Gasteiger partial charge in [0.05, 0.1) is 0 Å². The summed E-state index contributed by atoms with van der Waals surface area (Å²) in [6.45, 7) is 7.00. The molecule has 5 nitrogen and oxygen atoms in total. The van der Waals surface area contributed by atoms with Gasteiger partial charge in [0.1, 0.15) is 0 Å². The van der Waals surface area contributed by atoms with E-state index in [9.17, 15) is 4.79 Å². The van der Waals surface area contributed by atoms with Gasteiger partial charge in [-0.1, -0.05) is 26.2 Å². The van der Waals surface area contributed by atoms with Crippen molar-refractivity contribution in [2.45, 2.75) is 71.3 Å². The van der Waals surface area contributed by atoms with Gasteiger partial charge in [0.25, 0.3) is 0 Å². The zero-order chi connectivity index (χ0) is 16.7. The molecule has 5 heteroatoms. The van der Waals surface area contributed by atoms with Crippen molar-refractivity contribution in [3.05, 3.63) is 0 Å². The third-order valence-electron chi connectivity index (χ3n) is 5.52. The van der Waals surface area contributed by atoms with Crippen LogP contribution in [0.3, 0.4) is 0 Å². The van der Waals surface area contributed by atoms with Crippen LogP contribution in [-0.4, -0.2) is 49.5 Å². The maximum absolute atomic E-state index is 11.8. The molecule has 0 radical (unpaired) electrons. The number of amides is 1. The highest BCUT2D eigenvalue weighted by Gasteiger charge is 2.39. The van der Waals surface area contributed by atoms with E-state index in [1.165, 1.54) is 38.5 Å². The number of carbonyl (C=O) groups excluding carboxylic acids is 1. The van der Waals surface area contributed by atoms with Crippen molar-refractivity contribution >= 4 is 11.9 Å². The zero-order valence-corrected chi connectivity index (χ0v) is 15.2. The third-order valence-corrected chi connectivity index (χ3v) is 5.52. The Kier molecular flexibility index (Phi) is 6.72. The van der Waals surface area contributed by atoms with Gasteiger partial charge >= 0.3 is 0 Å². The molecule has 1 atom stereocenters. The summed E-state index contributed by atoms with van der Waals surface area (Å²) in [6, 6.07) is 0.256. The number of nitrogens with zero attached hydrogens (tertiary/aromatic N) is 2. The first-order chi connectivity index (χ1) is 11.1. The van der Waals surface area contributed by atoms with Gasteiger partial charge in [0.15, 0.2) is 5.96 Å². The monoisotopic (exact) mass is 322 g/mol. The first kappa shape index (κ1) is 18.1. The lowest BCUT2D eigenvalue weighted by molar-refractivity contribution is -0.121. The summed E-state index contributed by atoms with van der Waals surface area (Å²) < 4.78 is 0. The maximum atomic E-state index is 11.8. The van der Waals surface area contributed by atoms with Gasteiger partial charge in [-0.25, -0.2) is 0 Å². The predicted molar refractivity (Wildman–Crippen MR) is 95.6 cm³/mol. The Morgan fingerprint density at radius 1 is 1.26 bits per heavy atom. The summed E-state index contributed by atoms with van der Waals surface area (Å²) in [5.41, 5.74) is 0.532. The van der Waals surface area contributed by atoms with E-state index in [2.05, 4.69) is 27.4 Å². The second-order valence-electron chi connectivity index (χ2n) is 7.33. The smallest absolute Gasteiger partial charge is 0.221 e. The van der Waals surface area contributed by atoms with Crippen LogP contribution in [0.4, 0.5) is 0 Å². The van der Waals surface area contributed by atoms with Crippen molar-refractivity contribution in [2.75, 3.05) is 26.7 Å². The van der Waals surface area contributed by atoms with Crippen LogP contribution >= 0.6 is 0 Å². The summed E-state index contributed by atoms with van der Waals surface area (Å²) in [5, 5.41) is 6.38. The molecular weight excluding hydrogens is 288 g/mol. The number of rotatable bonds is 5. The zero-order valence-electron chi connectivity index (χ0n) is 15.2. The standard InChI is InChI=1S/C18H34N4O/c1-4-15(2)21-16(23)8-12-20-17(19-3)22-13-11-18(14-22)9-6-5-7-10-18/h15H,4-14H2,1-3H3,(H,19,20)(H,21,23). The van der Waals surface area contributed by atoms with E-state index in [-0.39, 0.29) is 11.9 Å². The minimum atomic E-state index is 0.118. The molecule has 1 aliphatic heterocycles. The SMILES string of the molecule is CCC(C)NC(=O)CCNC(=NC)N1CCC2(CCCCC2)C1. The van der Waals surface area contributed by atoms with E-state index >= 15 is 0 Å². The summed E-state index contributed by atoms with van der Waals surface area (Å²) >= 11 is 0. The van der Waals surface area contributed by atoms with E-state index < -0.39 is 0 Å². The number of nitrogens with one attached hydrogen (secondary N) is 2. The quantitative estimate of drug-likeness (QED) is 0.604. The second kappa shape index (κ2) is 8.55. The fourth-order valence-corrected chi connectivity index (χ4v) is 3.89. The third kappa shape index (κ3) is 5.11. The summed E-state index contributed by atoms with van der Waals surface area (Å²) in [6.07, 6.45) is 9.68. The van der Waals surface area contributed by atoms with Crippen LogP contribution in [-0.2, 0) is 4.79 Å². The highest BCUT2D eigenvalue weighted by atomic mass is 16.1. The molecule has 0 aromatic rings. The number of hydrogen-bond acceptors (Lipinski definition) is 2. The summed E-state index contributed by atoms with van der Waals surface area (Å²) in [4.78, 5) is 18.6. The van der Waals surface area contributed by atoms with Crippen LogP contribution in [0, 0.1) is 5.41 Å². The first-order valence-electron chi connectivity index (χ1n) is 9.33. The normalized spacial score (nSPS) is 22.2. The van der Waals surface area contributed by atoms with Crippen LogP contribution < -0.4 is 10.6 Å². The average Bonchev–Trinajstić information content (AvgIpc) is 2.95. The lowest BCUT2D eigenvalue weighted by Gasteiger charge is -2.33. The molecule has 1 heterocycles. The van der Waals surface area contributed by atoms with Gasteiger partial charge < -0.3 is 15.5 Å². The van der Waals surface area contributed by atoms with Crippen molar-refractivity contribution < 1.29 is 4.79 Å². The Morgan fingerprint density at radius 2 is 2.00 bits per heavy atom. The summed E-state index contributed by atoms with van der Waals surface area (Å²) in [7, 11) is 1.84. The first-order valence-corrected chi connectivity index (χ1v) is 9.33. The lowest BCUT2D eigenvalue weighted by Crippen LogP contribution is -2.43. The molecule has 0 bridgehead atoms. The van der Waals surface area contributed by atoms with Crippen molar-refractivity contribution in [3.8, 4) is 0 Å². The van der Waals surface area contributed by atoms with Crippen molar-refractivity contribution in [1.82, 2.24) is 15.5 Å². The largest absolute Gasteiger partial charge is 0.356 e. The summed E-state index contributed by atoms with van der Waals surface area (Å²) in [5.74, 6) is 1.08. The predicted octanol–water partition coefficient (Wildman–Crippen LogP) is 2.52. The lowest BCUT2D eigenvalue weighted by atomic mass is 9.73. The van der Waals surface area contributed by atoms with Crippen molar-refractivity contribution in [3.63, 3.8) is 0 Å². The minimum Gasteiger partial charge on any atom is -0.356 e. The fraction of sp³-hybridized carbons (Fsp3) is 0.889. The molecule has 1 spiro atoms. The molecule has 2 fully saturated rings. The van der Waals surface area contributed by atoms with Gasteiger partial charge in [0, 0.05) is 39.1 Å². The van der Waals surface area contributed by atoms with Crippen LogP contribution in [0.2, 0.25) is 0 Å². The topological polar surface area (TPSA) is 56.7 Å². The van der Waals surface area contributed by atoms with Crippen molar-refractivity contribution in [1.29, 1.82) is 0 Å².